The first-order chi connectivity index (χ1) is 5.74. The molecule has 4 nitrogen and oxygen atoms in total. The molecule has 0 saturated heterocycles. The lowest BCUT2D eigenvalue weighted by Crippen LogP contribution is -2.07. The first-order valence-corrected chi connectivity index (χ1v) is 3.35. The van der Waals surface area contributed by atoms with Crippen LogP contribution < -0.4 is 0 Å². The van der Waals surface area contributed by atoms with E-state index >= 15 is 0 Å². The number of hydrogen-bond acceptors (Lipinski definition) is 4. The Hall–Kier alpha value is -1.71. The molecule has 0 radical (unpaired) electrons. The summed E-state index contributed by atoms with van der Waals surface area (Å²) in [6.45, 7) is 0.0393. The minimum Gasteiger partial charge on any atom is -0.504 e. The van der Waals surface area contributed by atoms with Gasteiger partial charge in [0.1, 0.15) is 6.29 Å². The molecule has 0 fully saturated rings. The third-order valence-electron chi connectivity index (χ3n) is 1.29. The van der Waals surface area contributed by atoms with E-state index in [1.807, 2.05) is 0 Å². The molecule has 1 aliphatic rings. The second-order valence-electron chi connectivity index (χ2n) is 2.16. The number of carbonyl (C=O) groups is 2. The van der Waals surface area contributed by atoms with Gasteiger partial charge in [-0.25, -0.2) is 0 Å². The van der Waals surface area contributed by atoms with Gasteiger partial charge in [0, 0.05) is 6.08 Å². The molecular formula is C8H7NO3. The van der Waals surface area contributed by atoms with Crippen LogP contribution >= 0.6 is 0 Å². The molecule has 1 rings (SSSR count). The van der Waals surface area contributed by atoms with Crippen LogP contribution in [-0.2, 0) is 9.59 Å². The van der Waals surface area contributed by atoms with Crippen LogP contribution in [0.3, 0.4) is 0 Å². The topological polar surface area (TPSA) is 66.7 Å². The van der Waals surface area contributed by atoms with Crippen LogP contribution in [-0.4, -0.2) is 29.4 Å². The van der Waals surface area contributed by atoms with Crippen LogP contribution in [0.2, 0.25) is 0 Å². The maximum absolute atomic E-state index is 10.7. The van der Waals surface area contributed by atoms with Crippen molar-refractivity contribution in [2.75, 3.05) is 6.54 Å². The highest BCUT2D eigenvalue weighted by molar-refractivity contribution is 6.18. The minimum atomic E-state index is -0.444. The van der Waals surface area contributed by atoms with Gasteiger partial charge in [-0.2, -0.15) is 0 Å². The predicted molar refractivity (Wildman–Crippen MR) is 43.2 cm³/mol. The van der Waals surface area contributed by atoms with E-state index in [0.29, 0.717) is 12.0 Å². The Bertz CT molecular complexity index is 299. The van der Waals surface area contributed by atoms with Crippen molar-refractivity contribution >= 4 is 17.8 Å². The van der Waals surface area contributed by atoms with E-state index in [1.54, 1.807) is 0 Å². The fourth-order valence-electron chi connectivity index (χ4n) is 0.747. The van der Waals surface area contributed by atoms with Crippen molar-refractivity contribution in [2.45, 2.75) is 0 Å². The standard InChI is InChI=1S/C8H7NO3/c10-4-3-9-6-1-2-7(11)8(12)5-6/h1-2,4-5,12H,3H2/b9-6-. The summed E-state index contributed by atoms with van der Waals surface area (Å²) in [4.78, 5) is 24.4. The van der Waals surface area contributed by atoms with E-state index in [4.69, 9.17) is 5.11 Å². The van der Waals surface area contributed by atoms with Crippen LogP contribution in [0.15, 0.2) is 29.0 Å². The van der Waals surface area contributed by atoms with Gasteiger partial charge in [0.15, 0.2) is 5.76 Å². The molecule has 4 heteroatoms. The van der Waals surface area contributed by atoms with Crippen molar-refractivity contribution in [3.8, 4) is 0 Å². The van der Waals surface area contributed by atoms with Gasteiger partial charge in [-0.3, -0.25) is 9.79 Å². The fraction of sp³-hybridized carbons (Fsp3) is 0.125. The summed E-state index contributed by atoms with van der Waals surface area (Å²) in [6.07, 6.45) is 4.53. The Kier molecular flexibility index (Phi) is 2.53. The van der Waals surface area contributed by atoms with Gasteiger partial charge in [-0.1, -0.05) is 0 Å². The van der Waals surface area contributed by atoms with Crippen molar-refractivity contribution < 1.29 is 14.7 Å². The molecule has 0 unspecified atom stereocenters. The Morgan fingerprint density at radius 2 is 2.25 bits per heavy atom. The molecule has 0 aromatic heterocycles. The van der Waals surface area contributed by atoms with E-state index in [1.165, 1.54) is 18.2 Å². The van der Waals surface area contributed by atoms with Crippen LogP contribution in [0.25, 0.3) is 0 Å². The molecule has 1 aliphatic carbocycles. The van der Waals surface area contributed by atoms with E-state index in [0.717, 1.165) is 0 Å². The van der Waals surface area contributed by atoms with Crippen molar-refractivity contribution in [2.24, 2.45) is 4.99 Å². The molecule has 0 saturated carbocycles. The molecule has 0 atom stereocenters. The van der Waals surface area contributed by atoms with E-state index < -0.39 is 5.78 Å². The summed E-state index contributed by atoms with van der Waals surface area (Å²) in [5.74, 6) is -0.790. The highest BCUT2D eigenvalue weighted by atomic mass is 16.3. The summed E-state index contributed by atoms with van der Waals surface area (Å²) in [5.41, 5.74) is 0.430. The van der Waals surface area contributed by atoms with Crippen LogP contribution in [0.1, 0.15) is 0 Å². The maximum atomic E-state index is 10.7. The lowest BCUT2D eigenvalue weighted by atomic mass is 10.1. The highest BCUT2D eigenvalue weighted by Crippen LogP contribution is 2.02. The summed E-state index contributed by atoms with van der Waals surface area (Å²) < 4.78 is 0. The quantitative estimate of drug-likeness (QED) is 0.469. The smallest absolute Gasteiger partial charge is 0.220 e. The third kappa shape index (κ3) is 1.88. The third-order valence-corrected chi connectivity index (χ3v) is 1.29. The van der Waals surface area contributed by atoms with Crippen LogP contribution in [0.4, 0.5) is 0 Å². The Morgan fingerprint density at radius 1 is 1.50 bits per heavy atom. The highest BCUT2D eigenvalue weighted by Gasteiger charge is 2.08. The number of aliphatic hydroxyl groups excluding tert-OH is 1. The molecule has 1 N–H and O–H groups in total. The summed E-state index contributed by atoms with van der Waals surface area (Å²) >= 11 is 0. The maximum Gasteiger partial charge on any atom is 0.220 e. The summed E-state index contributed by atoms with van der Waals surface area (Å²) in [5, 5.41) is 8.94. The zero-order valence-electron chi connectivity index (χ0n) is 6.23. The van der Waals surface area contributed by atoms with E-state index in [9.17, 15) is 9.59 Å². The molecule has 0 spiro atoms. The van der Waals surface area contributed by atoms with Gasteiger partial charge < -0.3 is 9.90 Å². The van der Waals surface area contributed by atoms with E-state index in [2.05, 4.69) is 4.99 Å². The second kappa shape index (κ2) is 3.61. The van der Waals surface area contributed by atoms with Crippen LogP contribution in [0, 0.1) is 0 Å². The van der Waals surface area contributed by atoms with Crippen molar-refractivity contribution in [3.05, 3.63) is 24.0 Å². The Labute approximate surface area is 68.9 Å². The van der Waals surface area contributed by atoms with E-state index in [-0.39, 0.29) is 12.3 Å². The molecule has 12 heavy (non-hydrogen) atoms. The van der Waals surface area contributed by atoms with Gasteiger partial charge in [0.25, 0.3) is 0 Å². The number of aldehydes is 1. The minimum absolute atomic E-state index is 0.0393. The van der Waals surface area contributed by atoms with Gasteiger partial charge in [-0.15, -0.1) is 0 Å². The SMILES string of the molecule is O=CC/N=C1/C=CC(=O)C(O)=C1. The number of hydrogen-bond donors (Lipinski definition) is 1. The van der Waals surface area contributed by atoms with Gasteiger partial charge in [0.05, 0.1) is 12.3 Å². The summed E-state index contributed by atoms with van der Waals surface area (Å²) in [6, 6.07) is 0. The molecule has 0 bridgehead atoms. The molecule has 62 valence electrons. The number of carbonyl (C=O) groups excluding carboxylic acids is 2. The van der Waals surface area contributed by atoms with Crippen LogP contribution in [0.5, 0.6) is 0 Å². The summed E-state index contributed by atoms with van der Waals surface area (Å²) in [7, 11) is 0. The fourth-order valence-corrected chi connectivity index (χ4v) is 0.747. The number of ketones is 1. The zero-order valence-corrected chi connectivity index (χ0v) is 6.23. The van der Waals surface area contributed by atoms with Crippen molar-refractivity contribution in [3.63, 3.8) is 0 Å². The molecule has 0 amide bonds. The normalized spacial score (nSPS) is 19.5. The number of aliphatic hydroxyl groups is 1. The van der Waals surface area contributed by atoms with Gasteiger partial charge in [0.2, 0.25) is 5.78 Å². The molecule has 0 aromatic rings. The molecular weight excluding hydrogens is 158 g/mol. The second-order valence-corrected chi connectivity index (χ2v) is 2.16. The lowest BCUT2D eigenvalue weighted by Gasteiger charge is -2.00. The van der Waals surface area contributed by atoms with Crippen molar-refractivity contribution in [1.29, 1.82) is 0 Å². The monoisotopic (exact) mass is 165 g/mol. The van der Waals surface area contributed by atoms with Gasteiger partial charge in [-0.05, 0) is 12.2 Å². The predicted octanol–water partition coefficient (Wildman–Crippen LogP) is 0.207. The average Bonchev–Trinajstić information content (AvgIpc) is 2.07. The van der Waals surface area contributed by atoms with Gasteiger partial charge >= 0.3 is 0 Å². The molecule has 0 aromatic carbocycles. The average molecular weight is 165 g/mol. The molecule has 0 aliphatic heterocycles. The number of allylic oxidation sites excluding steroid dienone is 3. The lowest BCUT2D eigenvalue weighted by molar-refractivity contribution is -0.113. The molecule has 0 heterocycles. The number of aliphatic imine (C=N–C) groups is 1. The Morgan fingerprint density at radius 3 is 2.83 bits per heavy atom. The zero-order chi connectivity index (χ0) is 8.97. The first kappa shape index (κ1) is 8.39. The first-order valence-electron chi connectivity index (χ1n) is 3.35. The Balaban J connectivity index is 2.78. The van der Waals surface area contributed by atoms with Crippen molar-refractivity contribution in [1.82, 2.24) is 0 Å². The number of nitrogens with zero attached hydrogens (tertiary/aromatic N) is 1. The largest absolute Gasteiger partial charge is 0.504 e. The number of rotatable bonds is 2.